The first-order valence-corrected chi connectivity index (χ1v) is 12.0. The lowest BCUT2D eigenvalue weighted by atomic mass is 10.0. The van der Waals surface area contributed by atoms with E-state index in [4.69, 9.17) is 14.6 Å². The van der Waals surface area contributed by atoms with Crippen molar-refractivity contribution in [2.45, 2.75) is 51.0 Å². The molecule has 2 N–H and O–H groups in total. The standard InChI is InChI=1S/C27H25F3N2O7/c1-26(2,39-23(35)9-5-8-22(33)34)21-14-32(25(37)38-21)16-11-10-15-12-20(31-24(36)18(15)13-16)17-6-3-4-7-19(17)27(28,29)30/h3-4,6-7,10-13,21H,5,8-9,14H2,1-2H3,(H,31,36)(H,33,34)/t21-/m0/s1. The van der Waals surface area contributed by atoms with Gasteiger partial charge in [0.15, 0.2) is 6.10 Å². The van der Waals surface area contributed by atoms with E-state index in [0.29, 0.717) is 11.1 Å². The van der Waals surface area contributed by atoms with E-state index >= 15 is 0 Å². The van der Waals surface area contributed by atoms with Crippen molar-refractivity contribution in [2.24, 2.45) is 0 Å². The molecule has 0 bridgehead atoms. The maximum Gasteiger partial charge on any atom is 0.417 e. The number of halogens is 3. The first kappa shape index (κ1) is 27.7. The van der Waals surface area contributed by atoms with Crippen molar-refractivity contribution in [3.63, 3.8) is 0 Å². The minimum Gasteiger partial charge on any atom is -0.481 e. The van der Waals surface area contributed by atoms with Crippen LogP contribution >= 0.6 is 0 Å². The number of cyclic esters (lactones) is 1. The van der Waals surface area contributed by atoms with Crippen LogP contribution in [0.1, 0.15) is 38.7 Å². The molecule has 0 unspecified atom stereocenters. The van der Waals surface area contributed by atoms with Crippen LogP contribution in [-0.2, 0) is 25.2 Å². The minimum absolute atomic E-state index is 0.000687. The van der Waals surface area contributed by atoms with Crippen LogP contribution in [-0.4, -0.2) is 46.4 Å². The van der Waals surface area contributed by atoms with Crippen LogP contribution in [0.25, 0.3) is 22.0 Å². The molecule has 3 aromatic rings. The summed E-state index contributed by atoms with van der Waals surface area (Å²) in [4.78, 5) is 52.1. The molecular formula is C27H25F3N2O7. The largest absolute Gasteiger partial charge is 0.481 e. The van der Waals surface area contributed by atoms with Crippen LogP contribution in [0.5, 0.6) is 0 Å². The van der Waals surface area contributed by atoms with Crippen molar-refractivity contribution in [2.75, 3.05) is 11.4 Å². The molecule has 2 aromatic carbocycles. The van der Waals surface area contributed by atoms with E-state index in [2.05, 4.69) is 4.98 Å². The molecular weight excluding hydrogens is 521 g/mol. The average molecular weight is 546 g/mol. The molecule has 1 saturated heterocycles. The van der Waals surface area contributed by atoms with Crippen molar-refractivity contribution >= 4 is 34.5 Å². The van der Waals surface area contributed by atoms with Gasteiger partial charge in [-0.3, -0.25) is 19.3 Å². The topological polar surface area (TPSA) is 126 Å². The number of amides is 1. The Balaban J connectivity index is 1.56. The summed E-state index contributed by atoms with van der Waals surface area (Å²) >= 11 is 0. The summed E-state index contributed by atoms with van der Waals surface area (Å²) in [6.07, 6.45) is -6.39. The van der Waals surface area contributed by atoms with Gasteiger partial charge in [0, 0.05) is 35.2 Å². The van der Waals surface area contributed by atoms with E-state index in [-0.39, 0.29) is 42.5 Å². The summed E-state index contributed by atoms with van der Waals surface area (Å²) in [6.45, 7) is 3.12. The zero-order valence-electron chi connectivity index (χ0n) is 21.0. The van der Waals surface area contributed by atoms with Gasteiger partial charge in [0.2, 0.25) is 0 Å². The van der Waals surface area contributed by atoms with Gasteiger partial charge < -0.3 is 19.6 Å². The van der Waals surface area contributed by atoms with Crippen LogP contribution < -0.4 is 10.5 Å². The highest BCUT2D eigenvalue weighted by Crippen LogP contribution is 2.37. The van der Waals surface area contributed by atoms with Gasteiger partial charge in [-0.1, -0.05) is 24.3 Å². The number of nitrogens with one attached hydrogen (secondary N) is 1. The number of carboxylic acid groups (broad SMARTS) is 1. The first-order valence-electron chi connectivity index (χ1n) is 12.0. The fourth-order valence-corrected chi connectivity index (χ4v) is 4.36. The quantitative estimate of drug-likeness (QED) is 0.376. The number of ether oxygens (including phenoxy) is 2. The summed E-state index contributed by atoms with van der Waals surface area (Å²) in [5.74, 6) is -1.66. The summed E-state index contributed by atoms with van der Waals surface area (Å²) in [5, 5.41) is 9.23. The van der Waals surface area contributed by atoms with E-state index in [1.54, 1.807) is 13.8 Å². The Morgan fingerprint density at radius 1 is 1.10 bits per heavy atom. The van der Waals surface area contributed by atoms with Crippen molar-refractivity contribution in [3.05, 3.63) is 64.4 Å². The number of pyridine rings is 1. The lowest BCUT2D eigenvalue weighted by Crippen LogP contribution is -2.43. The molecule has 9 nitrogen and oxygen atoms in total. The molecule has 1 aromatic heterocycles. The predicted octanol–water partition coefficient (Wildman–Crippen LogP) is 5.12. The number of benzene rings is 2. The smallest absolute Gasteiger partial charge is 0.417 e. The molecule has 39 heavy (non-hydrogen) atoms. The monoisotopic (exact) mass is 546 g/mol. The molecule has 4 rings (SSSR count). The second-order valence-electron chi connectivity index (χ2n) is 9.63. The number of fused-ring (bicyclic) bond motifs is 1. The van der Waals surface area contributed by atoms with Crippen molar-refractivity contribution in [1.29, 1.82) is 0 Å². The number of carboxylic acids is 1. The van der Waals surface area contributed by atoms with Crippen LogP contribution in [0.2, 0.25) is 0 Å². The third kappa shape index (κ3) is 6.05. The molecule has 1 fully saturated rings. The number of alkyl halides is 3. The zero-order chi connectivity index (χ0) is 28.5. The highest BCUT2D eigenvalue weighted by molar-refractivity contribution is 5.95. The number of rotatable bonds is 8. The number of esters is 1. The number of H-pyrrole nitrogens is 1. The van der Waals surface area contributed by atoms with Gasteiger partial charge in [-0.2, -0.15) is 13.2 Å². The minimum atomic E-state index is -4.61. The summed E-state index contributed by atoms with van der Waals surface area (Å²) in [7, 11) is 0. The fourth-order valence-electron chi connectivity index (χ4n) is 4.36. The molecule has 1 aliphatic heterocycles. The first-order chi connectivity index (χ1) is 18.3. The van der Waals surface area contributed by atoms with Gasteiger partial charge >= 0.3 is 24.2 Å². The molecule has 0 spiro atoms. The van der Waals surface area contributed by atoms with E-state index < -0.39 is 47.0 Å². The third-order valence-corrected chi connectivity index (χ3v) is 6.40. The second kappa shape index (κ2) is 10.4. The van der Waals surface area contributed by atoms with Crippen molar-refractivity contribution in [3.8, 4) is 11.3 Å². The number of hydrogen-bond donors (Lipinski definition) is 2. The Labute approximate surface area is 220 Å². The van der Waals surface area contributed by atoms with E-state index in [1.807, 2.05) is 0 Å². The molecule has 0 aliphatic carbocycles. The highest BCUT2D eigenvalue weighted by atomic mass is 19.4. The number of nitrogens with zero attached hydrogens (tertiary/aromatic N) is 1. The Kier molecular flexibility index (Phi) is 7.40. The third-order valence-electron chi connectivity index (χ3n) is 6.40. The van der Waals surface area contributed by atoms with Gasteiger partial charge in [0.25, 0.3) is 5.56 Å². The number of carbonyl (C=O) groups is 3. The fraction of sp³-hybridized carbons (Fsp3) is 0.333. The van der Waals surface area contributed by atoms with Crippen molar-refractivity contribution in [1.82, 2.24) is 4.98 Å². The summed E-state index contributed by atoms with van der Waals surface area (Å²) in [6, 6.07) is 10.8. The number of carbonyl (C=O) groups excluding carboxylic acids is 2. The molecule has 1 aliphatic rings. The lowest BCUT2D eigenvalue weighted by Gasteiger charge is -2.29. The average Bonchev–Trinajstić information content (AvgIpc) is 3.25. The Morgan fingerprint density at radius 2 is 1.82 bits per heavy atom. The van der Waals surface area contributed by atoms with Crippen LogP contribution in [0.15, 0.2) is 53.3 Å². The zero-order valence-corrected chi connectivity index (χ0v) is 21.0. The maximum absolute atomic E-state index is 13.5. The summed E-state index contributed by atoms with van der Waals surface area (Å²) in [5.41, 5.74) is -2.60. The van der Waals surface area contributed by atoms with Crippen molar-refractivity contribution < 1.29 is 42.1 Å². The van der Waals surface area contributed by atoms with Crippen LogP contribution in [0.3, 0.4) is 0 Å². The van der Waals surface area contributed by atoms with Gasteiger partial charge in [0.1, 0.15) is 5.60 Å². The maximum atomic E-state index is 13.5. The van der Waals surface area contributed by atoms with E-state index in [9.17, 15) is 32.3 Å². The van der Waals surface area contributed by atoms with Crippen LogP contribution in [0, 0.1) is 0 Å². The van der Waals surface area contributed by atoms with Gasteiger partial charge in [-0.25, -0.2) is 4.79 Å². The lowest BCUT2D eigenvalue weighted by molar-refractivity contribution is -0.165. The van der Waals surface area contributed by atoms with Crippen LogP contribution in [0.4, 0.5) is 23.7 Å². The molecule has 1 amide bonds. The highest BCUT2D eigenvalue weighted by Gasteiger charge is 2.44. The number of aromatic amines is 1. The molecule has 206 valence electrons. The Morgan fingerprint density at radius 3 is 2.51 bits per heavy atom. The molecule has 0 radical (unpaired) electrons. The number of hydrogen-bond acceptors (Lipinski definition) is 6. The summed E-state index contributed by atoms with van der Waals surface area (Å²) < 4.78 is 51.3. The van der Waals surface area contributed by atoms with Gasteiger partial charge in [-0.05, 0) is 49.9 Å². The van der Waals surface area contributed by atoms with Gasteiger partial charge in [0.05, 0.1) is 12.1 Å². The molecule has 0 saturated carbocycles. The molecule has 1 atom stereocenters. The molecule has 12 heteroatoms. The normalized spacial score (nSPS) is 15.9. The predicted molar refractivity (Wildman–Crippen MR) is 134 cm³/mol. The SMILES string of the molecule is CC(C)(OC(=O)CCCC(=O)O)[C@@H]1CN(c2ccc3cc(-c4ccccc4C(F)(F)F)[nH]c(=O)c3c2)C(=O)O1. The van der Waals surface area contributed by atoms with Gasteiger partial charge in [-0.15, -0.1) is 0 Å². The van der Waals surface area contributed by atoms with E-state index in [1.165, 1.54) is 47.4 Å². The number of aliphatic carboxylic acids is 1. The Hall–Kier alpha value is -4.35. The van der Waals surface area contributed by atoms with E-state index in [0.717, 1.165) is 6.07 Å². The Bertz CT molecular complexity index is 1500. The number of anilines is 1. The second-order valence-corrected chi connectivity index (χ2v) is 9.63. The number of aromatic nitrogens is 1. The molecule has 2 heterocycles.